The molecule has 0 unspecified atom stereocenters. The van der Waals surface area contributed by atoms with Gasteiger partial charge in [0, 0.05) is 31.5 Å². The summed E-state index contributed by atoms with van der Waals surface area (Å²) in [5.41, 5.74) is 1.29. The number of rotatable bonds is 14. The minimum absolute atomic E-state index is 0.00187. The fourth-order valence-electron chi connectivity index (χ4n) is 3.96. The van der Waals surface area contributed by atoms with Gasteiger partial charge in [0.1, 0.15) is 23.4 Å². The zero-order valence-corrected chi connectivity index (χ0v) is 21.5. The van der Waals surface area contributed by atoms with Gasteiger partial charge < -0.3 is 19.7 Å². The van der Waals surface area contributed by atoms with Crippen molar-refractivity contribution in [1.29, 1.82) is 0 Å². The summed E-state index contributed by atoms with van der Waals surface area (Å²) in [6.07, 6.45) is 1.72. The first-order valence-electron chi connectivity index (χ1n) is 12.6. The number of hydrogen-bond donors (Lipinski definition) is 1. The number of benzene rings is 3. The predicted molar refractivity (Wildman–Crippen MR) is 142 cm³/mol. The van der Waals surface area contributed by atoms with Crippen molar-refractivity contribution in [2.75, 3.05) is 20.3 Å². The zero-order valence-electron chi connectivity index (χ0n) is 21.5. The monoisotopic (exact) mass is 506 g/mol. The highest BCUT2D eigenvalue weighted by molar-refractivity contribution is 5.88. The largest absolute Gasteiger partial charge is 0.497 e. The van der Waals surface area contributed by atoms with Gasteiger partial charge in [-0.3, -0.25) is 9.59 Å². The van der Waals surface area contributed by atoms with Gasteiger partial charge in [-0.1, -0.05) is 55.5 Å². The van der Waals surface area contributed by atoms with Gasteiger partial charge in [-0.2, -0.15) is 0 Å². The highest BCUT2D eigenvalue weighted by atomic mass is 19.1. The fraction of sp³-hybridized carbons (Fsp3) is 0.333. The van der Waals surface area contributed by atoms with E-state index in [4.69, 9.17) is 9.47 Å². The first kappa shape index (κ1) is 27.7. The molecule has 196 valence electrons. The van der Waals surface area contributed by atoms with Crippen molar-refractivity contribution in [2.45, 2.75) is 45.2 Å². The van der Waals surface area contributed by atoms with Gasteiger partial charge >= 0.3 is 0 Å². The molecule has 0 aromatic heterocycles. The second-order valence-electron chi connectivity index (χ2n) is 8.74. The van der Waals surface area contributed by atoms with Crippen LogP contribution in [-0.4, -0.2) is 43.0 Å². The molecular weight excluding hydrogens is 471 g/mol. The van der Waals surface area contributed by atoms with Crippen LogP contribution in [0.4, 0.5) is 4.39 Å². The number of amides is 2. The van der Waals surface area contributed by atoms with E-state index in [1.807, 2.05) is 37.3 Å². The zero-order chi connectivity index (χ0) is 26.5. The molecule has 6 nitrogen and oxygen atoms in total. The number of methoxy groups -OCH3 is 1. The van der Waals surface area contributed by atoms with Crippen LogP contribution in [0.3, 0.4) is 0 Å². The van der Waals surface area contributed by atoms with Crippen LogP contribution in [0.25, 0.3) is 0 Å². The van der Waals surface area contributed by atoms with Crippen molar-refractivity contribution in [3.05, 3.63) is 95.8 Å². The maximum Gasteiger partial charge on any atom is 0.243 e. The summed E-state index contributed by atoms with van der Waals surface area (Å²) in [5.74, 6) is 0.532. The molecule has 0 aliphatic heterocycles. The fourth-order valence-corrected chi connectivity index (χ4v) is 3.96. The summed E-state index contributed by atoms with van der Waals surface area (Å²) in [6.45, 7) is 2.80. The van der Waals surface area contributed by atoms with E-state index in [0.29, 0.717) is 37.3 Å². The Morgan fingerprint density at radius 3 is 2.30 bits per heavy atom. The molecule has 0 fully saturated rings. The van der Waals surface area contributed by atoms with Gasteiger partial charge in [0.05, 0.1) is 13.7 Å². The van der Waals surface area contributed by atoms with Crippen LogP contribution < -0.4 is 14.8 Å². The van der Waals surface area contributed by atoms with Crippen LogP contribution in [0.1, 0.15) is 37.3 Å². The van der Waals surface area contributed by atoms with E-state index in [0.717, 1.165) is 17.7 Å². The molecule has 3 rings (SSSR count). The summed E-state index contributed by atoms with van der Waals surface area (Å²) in [7, 11) is 1.60. The molecule has 1 atom stereocenters. The topological polar surface area (TPSA) is 67.9 Å². The number of nitrogens with one attached hydrogen (secondary N) is 1. The van der Waals surface area contributed by atoms with Crippen LogP contribution in [0.2, 0.25) is 0 Å². The second-order valence-corrected chi connectivity index (χ2v) is 8.74. The van der Waals surface area contributed by atoms with E-state index in [9.17, 15) is 14.0 Å². The molecule has 0 saturated carbocycles. The summed E-state index contributed by atoms with van der Waals surface area (Å²) in [4.78, 5) is 28.3. The molecule has 37 heavy (non-hydrogen) atoms. The quantitative estimate of drug-likeness (QED) is 0.307. The lowest BCUT2D eigenvalue weighted by atomic mass is 10.0. The van der Waals surface area contributed by atoms with Crippen LogP contribution in [0, 0.1) is 5.82 Å². The Kier molecular flexibility index (Phi) is 11.0. The third kappa shape index (κ3) is 8.63. The van der Waals surface area contributed by atoms with Crippen LogP contribution in [0.15, 0.2) is 78.9 Å². The number of hydrogen-bond acceptors (Lipinski definition) is 4. The maximum absolute atomic E-state index is 14.6. The number of carbonyl (C=O) groups excluding carboxylic acids is 2. The summed E-state index contributed by atoms with van der Waals surface area (Å²) in [5, 5.41) is 2.93. The minimum Gasteiger partial charge on any atom is -0.497 e. The highest BCUT2D eigenvalue weighted by Crippen LogP contribution is 2.20. The number of nitrogens with zero attached hydrogens (tertiary/aromatic N) is 1. The maximum atomic E-state index is 14.6. The lowest BCUT2D eigenvalue weighted by molar-refractivity contribution is -0.141. The molecule has 0 bridgehead atoms. The third-order valence-electron chi connectivity index (χ3n) is 5.98. The van der Waals surface area contributed by atoms with E-state index < -0.39 is 11.9 Å². The number of ether oxygens (including phenoxy) is 2. The van der Waals surface area contributed by atoms with Gasteiger partial charge in [-0.15, -0.1) is 0 Å². The van der Waals surface area contributed by atoms with Gasteiger partial charge in [-0.25, -0.2) is 4.39 Å². The lowest BCUT2D eigenvalue weighted by Crippen LogP contribution is -2.50. The second kappa shape index (κ2) is 14.6. The molecule has 0 aliphatic carbocycles. The van der Waals surface area contributed by atoms with E-state index in [1.165, 1.54) is 11.0 Å². The van der Waals surface area contributed by atoms with E-state index in [2.05, 4.69) is 5.32 Å². The van der Waals surface area contributed by atoms with Crippen molar-refractivity contribution in [3.63, 3.8) is 0 Å². The third-order valence-corrected chi connectivity index (χ3v) is 5.98. The SMILES string of the molecule is CCCNC(=O)[C@H](Cc1ccccc1)N(Cc1ccccc1F)C(=O)CCCOc1ccc(OC)cc1. The van der Waals surface area contributed by atoms with Crippen molar-refractivity contribution in [3.8, 4) is 11.5 Å². The summed E-state index contributed by atoms with van der Waals surface area (Å²) < 4.78 is 25.5. The average Bonchev–Trinajstić information content (AvgIpc) is 2.93. The molecule has 0 saturated heterocycles. The Bertz CT molecular complexity index is 1120. The molecule has 7 heteroatoms. The van der Waals surface area contributed by atoms with Gasteiger partial charge in [0.2, 0.25) is 11.8 Å². The highest BCUT2D eigenvalue weighted by Gasteiger charge is 2.30. The van der Waals surface area contributed by atoms with Crippen molar-refractivity contribution in [1.82, 2.24) is 10.2 Å². The average molecular weight is 507 g/mol. The molecule has 0 radical (unpaired) electrons. The number of carbonyl (C=O) groups is 2. The minimum atomic E-state index is -0.774. The molecule has 3 aromatic rings. The summed E-state index contributed by atoms with van der Waals surface area (Å²) in [6, 6.07) is 22.3. The van der Waals surface area contributed by atoms with Gasteiger partial charge in [-0.05, 0) is 48.7 Å². The van der Waals surface area contributed by atoms with Crippen LogP contribution in [-0.2, 0) is 22.6 Å². The smallest absolute Gasteiger partial charge is 0.243 e. The van der Waals surface area contributed by atoms with E-state index in [-0.39, 0.29) is 24.8 Å². The predicted octanol–water partition coefficient (Wildman–Crippen LogP) is 5.16. The molecule has 3 aromatic carbocycles. The Morgan fingerprint density at radius 2 is 1.62 bits per heavy atom. The molecule has 0 heterocycles. The standard InChI is InChI=1S/C30H35FN2O4/c1-3-19-32-30(35)28(21-23-10-5-4-6-11-23)33(22-24-12-7-8-13-27(24)31)29(34)14-9-20-37-26-17-15-25(36-2)16-18-26/h4-8,10-13,15-18,28H,3,9,14,19-22H2,1-2H3,(H,32,35)/t28-/m0/s1. The first-order valence-corrected chi connectivity index (χ1v) is 12.6. The molecule has 1 N–H and O–H groups in total. The van der Waals surface area contributed by atoms with Crippen molar-refractivity contribution >= 4 is 11.8 Å². The molecule has 0 aliphatic rings. The first-order chi connectivity index (χ1) is 18.0. The number of halogens is 1. The Balaban J connectivity index is 1.76. The van der Waals surface area contributed by atoms with Crippen LogP contribution in [0.5, 0.6) is 11.5 Å². The Labute approximate surface area is 218 Å². The molecule has 0 spiro atoms. The summed E-state index contributed by atoms with van der Waals surface area (Å²) >= 11 is 0. The lowest BCUT2D eigenvalue weighted by Gasteiger charge is -2.31. The molecule has 2 amide bonds. The van der Waals surface area contributed by atoms with Gasteiger partial charge in [0.15, 0.2) is 0 Å². The Morgan fingerprint density at radius 1 is 0.946 bits per heavy atom. The van der Waals surface area contributed by atoms with Crippen molar-refractivity contribution < 1.29 is 23.5 Å². The Hall–Kier alpha value is -3.87. The normalized spacial score (nSPS) is 11.4. The van der Waals surface area contributed by atoms with Crippen molar-refractivity contribution in [2.24, 2.45) is 0 Å². The van der Waals surface area contributed by atoms with Gasteiger partial charge in [0.25, 0.3) is 0 Å². The van der Waals surface area contributed by atoms with Crippen LogP contribution >= 0.6 is 0 Å². The molecular formula is C30H35FN2O4. The van der Waals surface area contributed by atoms with E-state index in [1.54, 1.807) is 49.6 Å². The van der Waals surface area contributed by atoms with E-state index >= 15 is 0 Å².